The first kappa shape index (κ1) is 28.7. The van der Waals surface area contributed by atoms with Crippen LogP contribution in [0.4, 0.5) is 0 Å². The van der Waals surface area contributed by atoms with Gasteiger partial charge in [0, 0.05) is 41.3 Å². The lowest BCUT2D eigenvalue weighted by Crippen LogP contribution is -2.14. The highest BCUT2D eigenvalue weighted by Crippen LogP contribution is 2.37. The Morgan fingerprint density at radius 1 is 0.894 bits per heavy atom. The Kier molecular flexibility index (Phi) is 7.24. The number of rotatable bonds is 8. The lowest BCUT2D eigenvalue weighted by Gasteiger charge is -2.25. The summed E-state index contributed by atoms with van der Waals surface area (Å²) in [5.74, 6) is 1.20. The number of aromatic carboxylic acids is 1. The summed E-state index contributed by atoms with van der Waals surface area (Å²) in [6, 6.07) is 28.2. The van der Waals surface area contributed by atoms with Gasteiger partial charge in [-0.1, -0.05) is 31.4 Å². The van der Waals surface area contributed by atoms with E-state index >= 15 is 0 Å². The summed E-state index contributed by atoms with van der Waals surface area (Å²) >= 11 is 0. The van der Waals surface area contributed by atoms with Gasteiger partial charge < -0.3 is 19.0 Å². The molecule has 8 rings (SSSR count). The number of nitrogens with zero attached hydrogens (tertiary/aromatic N) is 6. The number of aromatic nitrogens is 7. The van der Waals surface area contributed by atoms with Crippen molar-refractivity contribution in [2.75, 3.05) is 0 Å². The van der Waals surface area contributed by atoms with Gasteiger partial charge >= 0.3 is 5.97 Å². The summed E-state index contributed by atoms with van der Waals surface area (Å²) in [4.78, 5) is 17.0. The number of ether oxygens (including phenoxy) is 1. The largest absolute Gasteiger partial charge is 0.489 e. The average Bonchev–Trinajstić information content (AvgIpc) is 3.87. The van der Waals surface area contributed by atoms with Gasteiger partial charge in [0.15, 0.2) is 0 Å². The molecule has 0 atom stereocenters. The molecule has 1 aliphatic rings. The number of aryl methyl sites for hydroxylation is 1. The van der Waals surface area contributed by atoms with Crippen LogP contribution in [0.3, 0.4) is 0 Å². The molecule has 10 heteroatoms. The van der Waals surface area contributed by atoms with Crippen LogP contribution in [0.5, 0.6) is 5.75 Å². The monoisotopic (exact) mass is 623 g/mol. The van der Waals surface area contributed by atoms with Crippen molar-refractivity contribution in [2.45, 2.75) is 44.8 Å². The van der Waals surface area contributed by atoms with Gasteiger partial charge in [0.05, 0.1) is 16.6 Å². The number of hydrogen-bond donors (Lipinski definition) is 2. The van der Waals surface area contributed by atoms with Gasteiger partial charge in [0.2, 0.25) is 5.82 Å². The van der Waals surface area contributed by atoms with E-state index < -0.39 is 5.97 Å². The number of hydrogen-bond acceptors (Lipinski definition) is 6. The molecule has 1 aliphatic carbocycles. The highest BCUT2D eigenvalue weighted by atomic mass is 16.5. The Bertz CT molecular complexity index is 2230. The number of carboxylic acid groups (broad SMARTS) is 1. The fraction of sp³-hybridized carbons (Fsp3) is 0.216. The number of tetrazole rings is 1. The molecule has 234 valence electrons. The van der Waals surface area contributed by atoms with E-state index in [2.05, 4.69) is 60.1 Å². The number of carbonyl (C=O) groups is 1. The zero-order chi connectivity index (χ0) is 31.9. The molecule has 4 aromatic carbocycles. The smallest absolute Gasteiger partial charge is 0.335 e. The van der Waals surface area contributed by atoms with E-state index in [1.54, 1.807) is 12.1 Å². The molecule has 3 aromatic heterocycles. The zero-order valence-corrected chi connectivity index (χ0v) is 25.9. The topological polar surface area (TPSA) is 124 Å². The Hall–Kier alpha value is -5.77. The van der Waals surface area contributed by atoms with Gasteiger partial charge in [0.1, 0.15) is 18.2 Å². The third-order valence-electron chi connectivity index (χ3n) is 9.29. The van der Waals surface area contributed by atoms with Gasteiger partial charge in [-0.25, -0.2) is 9.78 Å². The molecule has 0 radical (unpaired) electrons. The number of nitrogens with one attached hydrogen (secondary N) is 1. The van der Waals surface area contributed by atoms with Gasteiger partial charge in [-0.05, 0) is 108 Å². The van der Waals surface area contributed by atoms with Gasteiger partial charge in [-0.3, -0.25) is 0 Å². The van der Waals surface area contributed by atoms with Crippen LogP contribution >= 0.6 is 0 Å². The quantitative estimate of drug-likeness (QED) is 0.177. The first-order valence-electron chi connectivity index (χ1n) is 15.9. The highest BCUT2D eigenvalue weighted by molar-refractivity contribution is 5.90. The predicted octanol–water partition coefficient (Wildman–Crippen LogP) is 7.82. The van der Waals surface area contributed by atoms with Crippen LogP contribution in [-0.4, -0.2) is 45.8 Å². The maximum Gasteiger partial charge on any atom is 0.335 e. The number of imidazole rings is 1. The molecule has 7 aromatic rings. The van der Waals surface area contributed by atoms with E-state index in [0.717, 1.165) is 68.4 Å². The zero-order valence-electron chi connectivity index (χ0n) is 25.9. The van der Waals surface area contributed by atoms with Gasteiger partial charge in [0.25, 0.3) is 0 Å². The number of benzene rings is 4. The summed E-state index contributed by atoms with van der Waals surface area (Å²) < 4.78 is 10.8. The van der Waals surface area contributed by atoms with E-state index in [1.165, 1.54) is 19.3 Å². The SMILES string of the molecule is Cn1ccc2cc(-c3ccc(C(=O)O)cc3COc3ccc(-c4nc5cc(-c6nn[nH]n6)ccc5n4C4CCCCC4)cc3)ccc21. The second-order valence-electron chi connectivity index (χ2n) is 12.2. The molecule has 0 saturated heterocycles. The molecule has 0 amide bonds. The maximum absolute atomic E-state index is 11.8. The summed E-state index contributed by atoms with van der Waals surface area (Å²) in [5, 5.41) is 25.4. The molecule has 0 spiro atoms. The van der Waals surface area contributed by atoms with Gasteiger partial charge in [-0.15, -0.1) is 10.2 Å². The number of aromatic amines is 1. The molecule has 0 bridgehead atoms. The lowest BCUT2D eigenvalue weighted by molar-refractivity contribution is 0.0696. The first-order chi connectivity index (χ1) is 23.0. The lowest BCUT2D eigenvalue weighted by atomic mass is 9.94. The fourth-order valence-corrected chi connectivity index (χ4v) is 6.87. The van der Waals surface area contributed by atoms with Crippen LogP contribution in [0.2, 0.25) is 0 Å². The standard InChI is InChI=1S/C37H33N7O3/c1-43-18-17-25-19-24(10-15-33(25)43)31-14-9-27(37(45)46)20-28(31)22-47-30-12-7-23(8-13-30)36-38-32-21-26(35-39-41-42-40-35)11-16-34(32)44(36)29-5-3-2-4-6-29/h7-21,29H,2-6,22H2,1H3,(H,45,46)(H,39,40,41,42). The second kappa shape index (κ2) is 11.9. The van der Waals surface area contributed by atoms with Crippen LogP contribution in [0, 0.1) is 0 Å². The first-order valence-corrected chi connectivity index (χ1v) is 15.9. The summed E-state index contributed by atoms with van der Waals surface area (Å²) in [6.45, 7) is 0.224. The summed E-state index contributed by atoms with van der Waals surface area (Å²) in [7, 11) is 2.02. The minimum Gasteiger partial charge on any atom is -0.489 e. The van der Waals surface area contributed by atoms with Crippen molar-refractivity contribution in [3.8, 4) is 39.7 Å². The third kappa shape index (κ3) is 5.41. The minimum atomic E-state index is -0.967. The Labute approximate surface area is 270 Å². The molecule has 0 unspecified atom stereocenters. The Morgan fingerprint density at radius 2 is 1.68 bits per heavy atom. The number of fused-ring (bicyclic) bond motifs is 2. The van der Waals surface area contributed by atoms with E-state index in [0.29, 0.717) is 17.6 Å². The predicted molar refractivity (Wildman–Crippen MR) is 180 cm³/mol. The van der Waals surface area contributed by atoms with Crippen LogP contribution in [0.25, 0.3) is 55.8 Å². The summed E-state index contributed by atoms with van der Waals surface area (Å²) in [5.41, 5.74) is 7.99. The van der Waals surface area contributed by atoms with Crippen molar-refractivity contribution in [3.05, 3.63) is 102 Å². The van der Waals surface area contributed by atoms with Crippen LogP contribution in [0.1, 0.15) is 54.1 Å². The van der Waals surface area contributed by atoms with Crippen molar-refractivity contribution in [2.24, 2.45) is 7.05 Å². The van der Waals surface area contributed by atoms with E-state index in [9.17, 15) is 9.90 Å². The molecule has 2 N–H and O–H groups in total. The van der Waals surface area contributed by atoms with Crippen molar-refractivity contribution in [1.29, 1.82) is 0 Å². The fourth-order valence-electron chi connectivity index (χ4n) is 6.87. The second-order valence-corrected chi connectivity index (χ2v) is 12.2. The molecule has 3 heterocycles. The van der Waals surface area contributed by atoms with E-state index in [-0.39, 0.29) is 12.2 Å². The molecule has 47 heavy (non-hydrogen) atoms. The normalized spacial score (nSPS) is 13.8. The number of carboxylic acids is 1. The van der Waals surface area contributed by atoms with Crippen molar-refractivity contribution >= 4 is 27.9 Å². The molecule has 10 nitrogen and oxygen atoms in total. The molecule has 0 aliphatic heterocycles. The van der Waals surface area contributed by atoms with Crippen LogP contribution in [-0.2, 0) is 13.7 Å². The van der Waals surface area contributed by atoms with E-state index in [4.69, 9.17) is 9.72 Å². The van der Waals surface area contributed by atoms with Crippen molar-refractivity contribution in [3.63, 3.8) is 0 Å². The average molecular weight is 624 g/mol. The third-order valence-corrected chi connectivity index (χ3v) is 9.29. The van der Waals surface area contributed by atoms with Gasteiger partial charge in [-0.2, -0.15) is 5.21 Å². The number of H-pyrrole nitrogens is 1. The van der Waals surface area contributed by atoms with Crippen LogP contribution in [0.15, 0.2) is 91.1 Å². The Balaban J connectivity index is 1.10. The van der Waals surface area contributed by atoms with Crippen molar-refractivity contribution < 1.29 is 14.6 Å². The van der Waals surface area contributed by atoms with Crippen LogP contribution < -0.4 is 4.74 Å². The highest BCUT2D eigenvalue weighted by Gasteiger charge is 2.23. The summed E-state index contributed by atoms with van der Waals surface area (Å²) in [6.07, 6.45) is 7.98. The molecular formula is C37H33N7O3. The molecule has 1 fully saturated rings. The molecular weight excluding hydrogens is 590 g/mol. The maximum atomic E-state index is 11.8. The minimum absolute atomic E-state index is 0.224. The van der Waals surface area contributed by atoms with Crippen molar-refractivity contribution in [1.82, 2.24) is 34.7 Å². The molecule has 1 saturated carbocycles. The van der Waals surface area contributed by atoms with E-state index in [1.807, 2.05) is 55.7 Å². The Morgan fingerprint density at radius 3 is 2.47 bits per heavy atom.